The first-order valence-corrected chi connectivity index (χ1v) is 6.87. The summed E-state index contributed by atoms with van der Waals surface area (Å²) < 4.78 is 0. The molecular weight excluding hydrogens is 244 g/mol. The van der Waals surface area contributed by atoms with Crippen LogP contribution < -0.4 is 10.6 Å². The predicted octanol–water partition coefficient (Wildman–Crippen LogP) is 0.104. The average Bonchev–Trinajstić information content (AvgIpc) is 2.43. The van der Waals surface area contributed by atoms with Crippen molar-refractivity contribution >= 4 is 11.9 Å². The molecule has 1 fully saturated rings. The van der Waals surface area contributed by atoms with Crippen LogP contribution in [0.15, 0.2) is 0 Å². The van der Waals surface area contributed by atoms with Gasteiger partial charge in [0.1, 0.15) is 0 Å². The third-order valence-electron chi connectivity index (χ3n) is 3.59. The standard InChI is InChI=1S/C13H26N4O2/c1-10(14-2)9-15-12(18)11-5-7-17(8-6-11)13(19)16(3)4/h10-11,14H,5-9H2,1-4H3,(H,15,18). The number of nitrogens with zero attached hydrogens (tertiary/aromatic N) is 2. The van der Waals surface area contributed by atoms with Crippen molar-refractivity contribution in [1.29, 1.82) is 0 Å². The van der Waals surface area contributed by atoms with E-state index in [9.17, 15) is 9.59 Å². The summed E-state index contributed by atoms with van der Waals surface area (Å²) in [6.45, 7) is 4.00. The van der Waals surface area contributed by atoms with Crippen molar-refractivity contribution in [3.63, 3.8) is 0 Å². The molecule has 1 unspecified atom stereocenters. The summed E-state index contributed by atoms with van der Waals surface area (Å²) in [5.74, 6) is 0.148. The van der Waals surface area contributed by atoms with Crippen molar-refractivity contribution in [1.82, 2.24) is 20.4 Å². The number of carbonyl (C=O) groups is 2. The number of nitrogens with one attached hydrogen (secondary N) is 2. The lowest BCUT2D eigenvalue weighted by atomic mass is 9.96. The summed E-state index contributed by atoms with van der Waals surface area (Å²) in [4.78, 5) is 27.1. The van der Waals surface area contributed by atoms with Gasteiger partial charge in [0.25, 0.3) is 0 Å². The van der Waals surface area contributed by atoms with Gasteiger partial charge in [-0.25, -0.2) is 4.79 Å². The first-order chi connectivity index (χ1) is 8.95. The number of amides is 3. The molecule has 6 nitrogen and oxygen atoms in total. The minimum atomic E-state index is 0.0302. The minimum absolute atomic E-state index is 0.0302. The van der Waals surface area contributed by atoms with Gasteiger partial charge in [0.15, 0.2) is 0 Å². The third kappa shape index (κ3) is 4.70. The molecule has 1 aliphatic heterocycles. The molecular formula is C13H26N4O2. The lowest BCUT2D eigenvalue weighted by Crippen LogP contribution is -2.47. The Morgan fingerprint density at radius 3 is 2.37 bits per heavy atom. The Hall–Kier alpha value is -1.30. The van der Waals surface area contributed by atoms with Crippen LogP contribution in [0.5, 0.6) is 0 Å². The average molecular weight is 270 g/mol. The maximum atomic E-state index is 12.0. The number of likely N-dealkylation sites (tertiary alicyclic amines) is 1. The van der Waals surface area contributed by atoms with E-state index >= 15 is 0 Å². The Morgan fingerprint density at radius 1 is 1.32 bits per heavy atom. The highest BCUT2D eigenvalue weighted by Gasteiger charge is 2.27. The number of likely N-dealkylation sites (N-methyl/N-ethyl adjacent to an activating group) is 1. The first-order valence-electron chi connectivity index (χ1n) is 6.87. The van der Waals surface area contributed by atoms with Crippen LogP contribution in [0.4, 0.5) is 4.79 Å². The highest BCUT2D eigenvalue weighted by molar-refractivity contribution is 5.79. The van der Waals surface area contributed by atoms with Gasteiger partial charge < -0.3 is 20.4 Å². The van der Waals surface area contributed by atoms with Gasteiger partial charge in [-0.05, 0) is 26.8 Å². The van der Waals surface area contributed by atoms with Crippen LogP contribution in [0.3, 0.4) is 0 Å². The van der Waals surface area contributed by atoms with Crippen LogP contribution in [0.25, 0.3) is 0 Å². The summed E-state index contributed by atoms with van der Waals surface area (Å²) in [5.41, 5.74) is 0. The molecule has 0 aromatic rings. The van der Waals surface area contributed by atoms with Crippen molar-refractivity contribution in [2.45, 2.75) is 25.8 Å². The van der Waals surface area contributed by atoms with Gasteiger partial charge in [0.2, 0.25) is 5.91 Å². The second kappa shape index (κ2) is 7.33. The molecule has 1 heterocycles. The highest BCUT2D eigenvalue weighted by Crippen LogP contribution is 2.18. The van der Waals surface area contributed by atoms with Gasteiger partial charge in [-0.3, -0.25) is 4.79 Å². The largest absolute Gasteiger partial charge is 0.354 e. The van der Waals surface area contributed by atoms with Gasteiger partial charge in [0, 0.05) is 45.7 Å². The molecule has 0 aromatic heterocycles. The molecule has 1 aliphatic rings. The Labute approximate surface area is 115 Å². The van der Waals surface area contributed by atoms with Gasteiger partial charge in [-0.15, -0.1) is 0 Å². The van der Waals surface area contributed by atoms with Crippen LogP contribution in [0, 0.1) is 5.92 Å². The maximum Gasteiger partial charge on any atom is 0.319 e. The van der Waals surface area contributed by atoms with Gasteiger partial charge >= 0.3 is 6.03 Å². The minimum Gasteiger partial charge on any atom is -0.354 e. The van der Waals surface area contributed by atoms with Crippen LogP contribution in [-0.4, -0.2) is 68.6 Å². The van der Waals surface area contributed by atoms with Crippen molar-refractivity contribution < 1.29 is 9.59 Å². The van der Waals surface area contributed by atoms with Crippen LogP contribution in [0.1, 0.15) is 19.8 Å². The molecule has 1 rings (SSSR count). The quantitative estimate of drug-likeness (QED) is 0.762. The van der Waals surface area contributed by atoms with Crippen molar-refractivity contribution in [2.24, 2.45) is 5.92 Å². The smallest absolute Gasteiger partial charge is 0.319 e. The maximum absolute atomic E-state index is 12.0. The Kier molecular flexibility index (Phi) is 6.08. The van der Waals surface area contributed by atoms with Crippen LogP contribution in [0.2, 0.25) is 0 Å². The Balaban J connectivity index is 2.33. The van der Waals surface area contributed by atoms with E-state index in [1.54, 1.807) is 23.9 Å². The Bertz CT molecular complexity index is 312. The summed E-state index contributed by atoms with van der Waals surface area (Å²) in [5, 5.41) is 6.04. The Morgan fingerprint density at radius 2 is 1.89 bits per heavy atom. The summed E-state index contributed by atoms with van der Waals surface area (Å²) >= 11 is 0. The fourth-order valence-corrected chi connectivity index (χ4v) is 2.12. The molecule has 0 bridgehead atoms. The number of hydrogen-bond donors (Lipinski definition) is 2. The van der Waals surface area contributed by atoms with Crippen molar-refractivity contribution in [3.8, 4) is 0 Å². The van der Waals surface area contributed by atoms with Crippen LogP contribution in [-0.2, 0) is 4.79 Å². The van der Waals surface area contributed by atoms with E-state index in [1.807, 2.05) is 14.0 Å². The second-order valence-electron chi connectivity index (χ2n) is 5.37. The number of hydrogen-bond acceptors (Lipinski definition) is 3. The lowest BCUT2D eigenvalue weighted by molar-refractivity contribution is -0.126. The van der Waals surface area contributed by atoms with Gasteiger partial charge in [0.05, 0.1) is 0 Å². The van der Waals surface area contributed by atoms with Crippen molar-refractivity contribution in [2.75, 3.05) is 40.8 Å². The summed E-state index contributed by atoms with van der Waals surface area (Å²) in [6.07, 6.45) is 1.50. The highest BCUT2D eigenvalue weighted by atomic mass is 16.2. The molecule has 2 N–H and O–H groups in total. The molecule has 1 saturated heterocycles. The number of rotatable bonds is 4. The van der Waals surface area contributed by atoms with E-state index in [2.05, 4.69) is 10.6 Å². The molecule has 110 valence electrons. The third-order valence-corrected chi connectivity index (χ3v) is 3.59. The van der Waals surface area contributed by atoms with E-state index < -0.39 is 0 Å². The SMILES string of the molecule is CNC(C)CNC(=O)C1CCN(C(=O)N(C)C)CC1. The fraction of sp³-hybridized carbons (Fsp3) is 0.846. The zero-order chi connectivity index (χ0) is 14.4. The zero-order valence-corrected chi connectivity index (χ0v) is 12.4. The molecule has 0 spiro atoms. The zero-order valence-electron chi connectivity index (χ0n) is 12.4. The summed E-state index contributed by atoms with van der Waals surface area (Å²) in [7, 11) is 5.38. The lowest BCUT2D eigenvalue weighted by Gasteiger charge is -2.33. The number of carbonyl (C=O) groups excluding carboxylic acids is 2. The molecule has 3 amide bonds. The number of piperidine rings is 1. The molecule has 1 atom stereocenters. The van der Waals surface area contributed by atoms with Crippen LogP contribution >= 0.6 is 0 Å². The molecule has 0 radical (unpaired) electrons. The molecule has 6 heteroatoms. The van der Waals surface area contributed by atoms with E-state index in [0.717, 1.165) is 12.8 Å². The molecule has 0 saturated carbocycles. The summed E-state index contributed by atoms with van der Waals surface area (Å²) in [6, 6.07) is 0.307. The molecule has 0 aromatic carbocycles. The van der Waals surface area contributed by atoms with E-state index in [-0.39, 0.29) is 23.9 Å². The van der Waals surface area contributed by atoms with Crippen molar-refractivity contribution in [3.05, 3.63) is 0 Å². The van der Waals surface area contributed by atoms with E-state index in [0.29, 0.717) is 19.6 Å². The first kappa shape index (κ1) is 15.8. The molecule has 19 heavy (non-hydrogen) atoms. The number of urea groups is 1. The van der Waals surface area contributed by atoms with E-state index in [1.165, 1.54) is 0 Å². The van der Waals surface area contributed by atoms with Gasteiger partial charge in [-0.1, -0.05) is 0 Å². The van der Waals surface area contributed by atoms with Gasteiger partial charge in [-0.2, -0.15) is 0 Å². The fourth-order valence-electron chi connectivity index (χ4n) is 2.12. The molecule has 0 aliphatic carbocycles. The normalized spacial score (nSPS) is 18.0. The monoisotopic (exact) mass is 270 g/mol. The topological polar surface area (TPSA) is 64.7 Å². The van der Waals surface area contributed by atoms with E-state index in [4.69, 9.17) is 0 Å². The predicted molar refractivity (Wildman–Crippen MR) is 74.9 cm³/mol. The second-order valence-corrected chi connectivity index (χ2v) is 5.37.